The van der Waals surface area contributed by atoms with E-state index in [1.807, 2.05) is 99.1 Å². The quantitative estimate of drug-likeness (QED) is 0.0982. The van der Waals surface area contributed by atoms with Crippen molar-refractivity contribution < 1.29 is 28.8 Å². The molecule has 2 aromatic carbocycles. The first-order valence-electron chi connectivity index (χ1n) is 25.1. The number of ketones is 2. The molecule has 23 heteroatoms. The van der Waals surface area contributed by atoms with Crippen LogP contribution in [0.15, 0.2) is 93.6 Å². The van der Waals surface area contributed by atoms with Crippen molar-refractivity contribution in [3.8, 4) is 43.4 Å². The van der Waals surface area contributed by atoms with Crippen LogP contribution in [-0.2, 0) is 16.0 Å². The first-order valence-corrected chi connectivity index (χ1v) is 30.3. The van der Waals surface area contributed by atoms with Crippen LogP contribution >= 0.6 is 68.0 Å². The van der Waals surface area contributed by atoms with Gasteiger partial charge in [0.05, 0.1) is 29.2 Å². The number of benzene rings is 2. The van der Waals surface area contributed by atoms with Crippen LogP contribution in [0.5, 0.6) is 0 Å². The third-order valence-corrected chi connectivity index (χ3v) is 18.9. The lowest BCUT2D eigenvalue weighted by Crippen LogP contribution is -2.49. The molecule has 0 fully saturated rings. The molecule has 0 saturated carbocycles. The molecule has 0 radical (unpaired) electrons. The maximum Gasteiger partial charge on any atom is 0.271 e. The molecule has 5 atom stereocenters. The summed E-state index contributed by atoms with van der Waals surface area (Å²) in [5.74, 6) is -3.63. The van der Waals surface area contributed by atoms with E-state index in [0.717, 1.165) is 16.7 Å². The second kappa shape index (κ2) is 23.5. The molecular weight excluding hydrogens is 1120 g/mol. The van der Waals surface area contributed by atoms with Gasteiger partial charge in [-0.25, -0.2) is 34.9 Å². The average molecular weight is 1170 g/mol. The number of carbonyl (C=O) groups is 6. The van der Waals surface area contributed by atoms with Gasteiger partial charge in [-0.15, -0.1) is 68.0 Å². The standard InChI is InChI=1S/C56H51N11O6S6/c1-26(2)45-56-65-42(25-78-56)54-62-39(22-77-54)47-33(16-17-35(58-47)53-61-38(21-76-53)29(5)68)51-63-41(23-74-51)50(73)60-37(20-44(57)70)55-67-46(30(6)79-55)43(69)19-34(28(4)32-10-8-7-9-11-32)52-64-40(24-75-52)49(72)59-36(48(71)66-45)18-31-14-12-27(3)13-15-31/h7-17,21-26,28,34,36-37,45H,18-20H2,1-6H3,(H2,57,70)(H,59,72)(H,60,73)(H,66,71). The van der Waals surface area contributed by atoms with Gasteiger partial charge in [0.25, 0.3) is 11.8 Å². The van der Waals surface area contributed by atoms with Crippen LogP contribution < -0.4 is 21.7 Å². The molecule has 4 amide bonds. The number of amides is 4. The zero-order valence-corrected chi connectivity index (χ0v) is 48.3. The van der Waals surface area contributed by atoms with E-state index in [1.165, 1.54) is 74.9 Å². The molecule has 0 saturated heterocycles. The first-order chi connectivity index (χ1) is 38.0. The summed E-state index contributed by atoms with van der Waals surface area (Å²) in [6, 6.07) is 18.5. The molecule has 5 N–H and O–H groups in total. The smallest absolute Gasteiger partial charge is 0.271 e. The topological polar surface area (TPSA) is 255 Å². The van der Waals surface area contributed by atoms with Gasteiger partial charge in [-0.1, -0.05) is 80.9 Å². The normalized spacial score (nSPS) is 17.7. The van der Waals surface area contributed by atoms with Crippen LogP contribution in [0.2, 0.25) is 0 Å². The Hall–Kier alpha value is -7.41. The minimum Gasteiger partial charge on any atom is -0.370 e. The largest absolute Gasteiger partial charge is 0.370 e. The van der Waals surface area contributed by atoms with Gasteiger partial charge in [0.2, 0.25) is 11.8 Å². The molecule has 1 aliphatic rings. The van der Waals surface area contributed by atoms with Gasteiger partial charge in [0, 0.05) is 63.0 Å². The summed E-state index contributed by atoms with van der Waals surface area (Å²) < 4.78 is 0. The fourth-order valence-electron chi connectivity index (χ4n) is 8.98. The van der Waals surface area contributed by atoms with Crippen molar-refractivity contribution in [1.82, 2.24) is 50.8 Å². The summed E-state index contributed by atoms with van der Waals surface area (Å²) in [4.78, 5) is 117. The predicted molar refractivity (Wildman–Crippen MR) is 310 cm³/mol. The number of primary amides is 1. The Morgan fingerprint density at radius 3 is 1.97 bits per heavy atom. The maximum atomic E-state index is 14.7. The molecule has 17 nitrogen and oxygen atoms in total. The van der Waals surface area contributed by atoms with Crippen LogP contribution in [0.1, 0.15) is 143 Å². The van der Waals surface area contributed by atoms with E-state index in [-0.39, 0.29) is 59.7 Å². The molecule has 5 unspecified atom stereocenters. The van der Waals surface area contributed by atoms with Crippen molar-refractivity contribution in [3.63, 3.8) is 0 Å². The fourth-order valence-corrected chi connectivity index (χ4v) is 14.5. The molecule has 402 valence electrons. The van der Waals surface area contributed by atoms with Gasteiger partial charge in [-0.3, -0.25) is 28.8 Å². The average Bonchev–Trinajstić information content (AvgIpc) is 4.40. The zero-order chi connectivity index (χ0) is 55.6. The Labute approximate surface area is 478 Å². The number of aromatic nitrogens is 7. The van der Waals surface area contributed by atoms with Crippen molar-refractivity contribution in [2.45, 2.75) is 90.8 Å². The van der Waals surface area contributed by atoms with E-state index in [0.29, 0.717) is 69.0 Å². The van der Waals surface area contributed by atoms with E-state index in [9.17, 15) is 28.8 Å². The Balaban J connectivity index is 1.07. The maximum absolute atomic E-state index is 14.7. The summed E-state index contributed by atoms with van der Waals surface area (Å²) in [7, 11) is 0. The van der Waals surface area contributed by atoms with Gasteiger partial charge in [-0.05, 0) is 48.9 Å². The highest BCUT2D eigenvalue weighted by atomic mass is 32.1. The molecule has 0 spiro atoms. The molecule has 1 aliphatic heterocycles. The minimum atomic E-state index is -1.02. The highest BCUT2D eigenvalue weighted by molar-refractivity contribution is 7.15. The van der Waals surface area contributed by atoms with E-state index >= 15 is 0 Å². The van der Waals surface area contributed by atoms with Gasteiger partial charge in [0.1, 0.15) is 70.9 Å². The number of fused-ring (bicyclic) bond motifs is 14. The summed E-state index contributed by atoms with van der Waals surface area (Å²) in [6.07, 6.45) is -0.164. The number of nitrogens with one attached hydrogen (secondary N) is 3. The number of rotatable bonds is 9. The highest BCUT2D eigenvalue weighted by Crippen LogP contribution is 2.41. The summed E-state index contributed by atoms with van der Waals surface area (Å²) in [6.45, 7) is 11.2. The summed E-state index contributed by atoms with van der Waals surface area (Å²) >= 11 is 7.66. The summed E-state index contributed by atoms with van der Waals surface area (Å²) in [5, 5.41) is 20.8. The Morgan fingerprint density at radius 1 is 0.620 bits per heavy atom. The van der Waals surface area contributed by atoms with Gasteiger partial charge < -0.3 is 21.7 Å². The number of aryl methyl sites for hydroxylation is 2. The number of thiazole rings is 6. The number of nitrogens with two attached hydrogens (primary N) is 1. The fraction of sp³-hybridized carbons (Fsp3) is 0.268. The summed E-state index contributed by atoms with van der Waals surface area (Å²) in [5.41, 5.74) is 11.8. The van der Waals surface area contributed by atoms with Gasteiger partial charge in [-0.2, -0.15) is 0 Å². The monoisotopic (exact) mass is 1170 g/mol. The molecule has 10 rings (SSSR count). The SMILES string of the molecule is CC(=O)c1csc(-c2ccc3c(n2)-c2csc(n2)-c2csc(n2)C(C(C)C)NC(=O)C(Cc2ccc(C)cc2)NC(=O)c2csc(n2)C(C(C)c2ccccc2)CC(=O)c2nc(sc2C)C(CC(N)=O)NC(=O)c2csc-3n2)n1. The Bertz CT molecular complexity index is 3760. The second-order valence-corrected chi connectivity index (χ2v) is 25.0. The number of hydrogen-bond donors (Lipinski definition) is 4. The van der Waals surface area contributed by atoms with Gasteiger partial charge in [0.15, 0.2) is 11.6 Å². The van der Waals surface area contributed by atoms with Crippen molar-refractivity contribution >= 4 is 103 Å². The van der Waals surface area contributed by atoms with Crippen LogP contribution in [0, 0.1) is 19.8 Å². The van der Waals surface area contributed by atoms with E-state index in [2.05, 4.69) is 20.9 Å². The molecular formula is C56H51N11O6S6. The van der Waals surface area contributed by atoms with Crippen LogP contribution in [0.25, 0.3) is 43.4 Å². The van der Waals surface area contributed by atoms with Crippen molar-refractivity contribution in [2.24, 2.45) is 11.7 Å². The van der Waals surface area contributed by atoms with Crippen molar-refractivity contribution in [1.29, 1.82) is 0 Å². The molecule has 9 aromatic rings. The van der Waals surface area contributed by atoms with Crippen LogP contribution in [0.3, 0.4) is 0 Å². The van der Waals surface area contributed by atoms with Crippen LogP contribution in [0.4, 0.5) is 0 Å². The molecule has 8 heterocycles. The zero-order valence-electron chi connectivity index (χ0n) is 43.4. The lowest BCUT2D eigenvalue weighted by molar-refractivity contribution is -0.124. The van der Waals surface area contributed by atoms with Gasteiger partial charge >= 0.3 is 0 Å². The molecule has 7 aromatic heterocycles. The number of carbonyl (C=O) groups excluding carboxylic acids is 6. The first kappa shape index (κ1) is 54.9. The second-order valence-electron chi connectivity index (χ2n) is 19.4. The van der Waals surface area contributed by atoms with Crippen molar-refractivity contribution in [2.75, 3.05) is 0 Å². The Kier molecular flexibility index (Phi) is 16.3. The predicted octanol–water partition coefficient (Wildman–Crippen LogP) is 11.0. The third kappa shape index (κ3) is 12.3. The lowest BCUT2D eigenvalue weighted by Gasteiger charge is -2.25. The number of pyridine rings is 1. The molecule has 0 aliphatic carbocycles. The number of hydrogen-bond acceptors (Lipinski definition) is 19. The molecule has 79 heavy (non-hydrogen) atoms. The van der Waals surface area contributed by atoms with E-state index < -0.39 is 47.7 Å². The third-order valence-electron chi connectivity index (χ3n) is 13.3. The van der Waals surface area contributed by atoms with Crippen molar-refractivity contribution in [3.05, 3.63) is 153 Å². The lowest BCUT2D eigenvalue weighted by atomic mass is 9.84. The Morgan fingerprint density at radius 2 is 1.25 bits per heavy atom. The minimum absolute atomic E-state index is 0.0418. The number of Topliss-reactive ketones (excluding diaryl/α,β-unsaturated/α-hetero) is 2. The van der Waals surface area contributed by atoms with E-state index in [1.54, 1.807) is 29.1 Å². The number of nitrogens with zero attached hydrogens (tertiary/aromatic N) is 7. The van der Waals surface area contributed by atoms with E-state index in [4.69, 9.17) is 35.6 Å². The highest BCUT2D eigenvalue weighted by Gasteiger charge is 2.34. The van der Waals surface area contributed by atoms with Crippen LogP contribution in [-0.4, -0.2) is 76.1 Å². The molecule has 10 bridgehead atoms.